The van der Waals surface area contributed by atoms with Gasteiger partial charge in [-0.1, -0.05) is 0 Å². The molecule has 2 aliphatic rings. The predicted molar refractivity (Wildman–Crippen MR) is 81.1 cm³/mol. The van der Waals surface area contributed by atoms with Crippen LogP contribution in [0.25, 0.3) is 0 Å². The topological polar surface area (TPSA) is 69.9 Å². The number of rotatable bonds is 3. The van der Waals surface area contributed by atoms with Gasteiger partial charge in [-0.15, -0.1) is 0 Å². The second-order valence-corrected chi connectivity index (χ2v) is 8.34. The highest BCUT2D eigenvalue weighted by Crippen LogP contribution is 2.32. The number of nitrogens with zero attached hydrogens (tertiary/aromatic N) is 3. The molecule has 0 amide bonds. The normalized spacial score (nSPS) is 35.3. The lowest BCUT2D eigenvalue weighted by Crippen LogP contribution is -2.65. The molecule has 0 aliphatic carbocycles. The summed E-state index contributed by atoms with van der Waals surface area (Å²) in [5.41, 5.74) is 6.16. The number of hydrogen-bond donors (Lipinski definition) is 1. The smallest absolute Gasteiger partial charge is 0.211 e. The van der Waals surface area contributed by atoms with Crippen molar-refractivity contribution >= 4 is 10.0 Å². The van der Waals surface area contributed by atoms with Gasteiger partial charge in [0.1, 0.15) is 0 Å². The number of likely N-dealkylation sites (tertiary alicyclic amines) is 1. The van der Waals surface area contributed by atoms with Crippen molar-refractivity contribution in [2.45, 2.75) is 31.3 Å². The number of piperidine rings is 1. The molecule has 2 unspecified atom stereocenters. The van der Waals surface area contributed by atoms with E-state index in [0.717, 1.165) is 32.5 Å². The maximum atomic E-state index is 11.6. The first kappa shape index (κ1) is 16.2. The number of nitrogens with two attached hydrogens (primary N) is 1. The highest BCUT2D eigenvalue weighted by atomic mass is 32.2. The Morgan fingerprint density at radius 2 is 1.80 bits per heavy atom. The van der Waals surface area contributed by atoms with Crippen molar-refractivity contribution in [3.63, 3.8) is 0 Å². The van der Waals surface area contributed by atoms with Crippen LogP contribution in [0.3, 0.4) is 0 Å². The van der Waals surface area contributed by atoms with E-state index in [1.807, 2.05) is 0 Å². The minimum absolute atomic E-state index is 0.0511. The predicted octanol–water partition coefficient (Wildman–Crippen LogP) is -0.625. The van der Waals surface area contributed by atoms with Crippen LogP contribution >= 0.6 is 0 Å². The van der Waals surface area contributed by atoms with Crippen molar-refractivity contribution < 1.29 is 8.42 Å². The maximum absolute atomic E-state index is 11.6. The highest BCUT2D eigenvalue weighted by molar-refractivity contribution is 7.88. The van der Waals surface area contributed by atoms with Crippen LogP contribution < -0.4 is 5.73 Å². The molecule has 0 aromatic carbocycles. The highest BCUT2D eigenvalue weighted by Gasteiger charge is 2.42. The van der Waals surface area contributed by atoms with Crippen LogP contribution in [0, 0.1) is 0 Å². The molecule has 7 heteroatoms. The van der Waals surface area contributed by atoms with Crippen molar-refractivity contribution in [3.05, 3.63) is 0 Å². The Labute approximate surface area is 122 Å². The first-order valence-electron chi connectivity index (χ1n) is 7.39. The third kappa shape index (κ3) is 3.17. The average molecular weight is 304 g/mol. The van der Waals surface area contributed by atoms with E-state index in [0.29, 0.717) is 25.7 Å². The Morgan fingerprint density at radius 1 is 1.20 bits per heavy atom. The molecule has 2 fully saturated rings. The summed E-state index contributed by atoms with van der Waals surface area (Å²) in [5, 5.41) is 0. The van der Waals surface area contributed by atoms with Gasteiger partial charge < -0.3 is 10.6 Å². The molecular weight excluding hydrogens is 276 g/mol. The van der Waals surface area contributed by atoms with Gasteiger partial charge in [-0.05, 0) is 33.4 Å². The van der Waals surface area contributed by atoms with Gasteiger partial charge >= 0.3 is 0 Å². The van der Waals surface area contributed by atoms with E-state index in [1.165, 1.54) is 6.26 Å². The molecule has 0 bridgehead atoms. The molecule has 2 saturated heterocycles. The fourth-order valence-corrected chi connectivity index (χ4v) is 4.34. The summed E-state index contributed by atoms with van der Waals surface area (Å²) in [5.74, 6) is 0. The quantitative estimate of drug-likeness (QED) is 0.752. The molecule has 0 saturated carbocycles. The second-order valence-electron chi connectivity index (χ2n) is 6.36. The summed E-state index contributed by atoms with van der Waals surface area (Å²) in [6.45, 7) is 6.72. The number of sulfonamides is 1. The molecule has 0 spiro atoms. The maximum Gasteiger partial charge on any atom is 0.211 e. The molecule has 0 radical (unpaired) electrons. The van der Waals surface area contributed by atoms with Gasteiger partial charge in [0, 0.05) is 44.3 Å². The zero-order valence-electron chi connectivity index (χ0n) is 12.9. The van der Waals surface area contributed by atoms with Gasteiger partial charge in [0.2, 0.25) is 10.0 Å². The number of piperazine rings is 1. The fourth-order valence-electron chi connectivity index (χ4n) is 3.51. The zero-order valence-corrected chi connectivity index (χ0v) is 13.7. The molecule has 118 valence electrons. The molecule has 0 aromatic rings. The summed E-state index contributed by atoms with van der Waals surface area (Å²) in [6, 6.07) is 0.528. The average Bonchev–Trinajstić information content (AvgIpc) is 2.41. The summed E-state index contributed by atoms with van der Waals surface area (Å²) in [4.78, 5) is 4.80. The van der Waals surface area contributed by atoms with Crippen molar-refractivity contribution in [1.82, 2.24) is 14.1 Å². The lowest BCUT2D eigenvalue weighted by atomic mass is 9.82. The molecule has 2 heterocycles. The van der Waals surface area contributed by atoms with Crippen LogP contribution in [0.1, 0.15) is 19.8 Å². The molecular formula is C13H28N4O2S. The third-order valence-electron chi connectivity index (χ3n) is 5.12. The molecule has 2 N–H and O–H groups in total. The van der Waals surface area contributed by atoms with Crippen molar-refractivity contribution in [2.24, 2.45) is 5.73 Å². The Hall–Kier alpha value is -0.210. The van der Waals surface area contributed by atoms with Crippen LogP contribution in [0.5, 0.6) is 0 Å². The Kier molecular flexibility index (Phi) is 4.76. The van der Waals surface area contributed by atoms with E-state index in [-0.39, 0.29) is 5.54 Å². The van der Waals surface area contributed by atoms with Crippen LogP contribution in [0.4, 0.5) is 0 Å². The van der Waals surface area contributed by atoms with Crippen LogP contribution in [-0.4, -0.2) is 86.7 Å². The van der Waals surface area contributed by atoms with Crippen molar-refractivity contribution in [1.29, 1.82) is 0 Å². The Balaban J connectivity index is 2.04. The van der Waals surface area contributed by atoms with E-state index in [1.54, 1.807) is 4.31 Å². The molecule has 2 rings (SSSR count). The van der Waals surface area contributed by atoms with Gasteiger partial charge in [0.15, 0.2) is 0 Å². The largest absolute Gasteiger partial charge is 0.329 e. The summed E-state index contributed by atoms with van der Waals surface area (Å²) in [7, 11) is -0.899. The molecule has 20 heavy (non-hydrogen) atoms. The standard InChI is InChI=1S/C13H28N4O2S/c1-12-10-13(11-14,4-5-15(12)2)16-6-8-17(9-7-16)20(3,18)19/h12H,4-11,14H2,1-3H3. The monoisotopic (exact) mass is 304 g/mol. The second kappa shape index (κ2) is 5.88. The molecule has 6 nitrogen and oxygen atoms in total. The fraction of sp³-hybridized carbons (Fsp3) is 1.00. The van der Waals surface area contributed by atoms with Gasteiger partial charge in [-0.25, -0.2) is 8.42 Å². The van der Waals surface area contributed by atoms with Crippen molar-refractivity contribution in [2.75, 3.05) is 52.6 Å². The van der Waals surface area contributed by atoms with Crippen molar-refractivity contribution in [3.8, 4) is 0 Å². The lowest BCUT2D eigenvalue weighted by molar-refractivity contribution is -0.00619. The zero-order chi connectivity index (χ0) is 15.0. The lowest BCUT2D eigenvalue weighted by Gasteiger charge is -2.52. The summed E-state index contributed by atoms with van der Waals surface area (Å²) < 4.78 is 24.8. The molecule has 0 aromatic heterocycles. The number of hydrogen-bond acceptors (Lipinski definition) is 5. The van der Waals surface area contributed by atoms with E-state index < -0.39 is 10.0 Å². The van der Waals surface area contributed by atoms with E-state index in [4.69, 9.17) is 5.73 Å². The minimum atomic E-state index is -3.06. The van der Waals surface area contributed by atoms with Crippen LogP contribution in [-0.2, 0) is 10.0 Å². The van der Waals surface area contributed by atoms with Gasteiger partial charge in [-0.2, -0.15) is 4.31 Å². The Morgan fingerprint density at radius 3 is 2.25 bits per heavy atom. The van der Waals surface area contributed by atoms with Gasteiger partial charge in [0.25, 0.3) is 0 Å². The van der Waals surface area contributed by atoms with E-state index in [9.17, 15) is 8.42 Å². The van der Waals surface area contributed by atoms with Crippen LogP contribution in [0.15, 0.2) is 0 Å². The first-order valence-corrected chi connectivity index (χ1v) is 9.24. The minimum Gasteiger partial charge on any atom is -0.329 e. The van der Waals surface area contributed by atoms with Gasteiger partial charge in [0.05, 0.1) is 6.26 Å². The summed E-state index contributed by atoms with van der Waals surface area (Å²) >= 11 is 0. The molecule has 2 atom stereocenters. The third-order valence-corrected chi connectivity index (χ3v) is 6.42. The van der Waals surface area contributed by atoms with Crippen LogP contribution in [0.2, 0.25) is 0 Å². The SMILES string of the molecule is CC1CC(CN)(N2CCN(S(C)(=O)=O)CC2)CCN1C. The van der Waals surface area contributed by atoms with E-state index >= 15 is 0 Å². The molecule has 2 aliphatic heterocycles. The Bertz CT molecular complexity index is 434. The summed E-state index contributed by atoms with van der Waals surface area (Å²) in [6.07, 6.45) is 3.43. The van der Waals surface area contributed by atoms with E-state index in [2.05, 4.69) is 23.8 Å². The first-order chi connectivity index (χ1) is 9.28. The van der Waals surface area contributed by atoms with Gasteiger partial charge in [-0.3, -0.25) is 4.90 Å².